The van der Waals surface area contributed by atoms with E-state index >= 15 is 0 Å². The first-order valence-corrected chi connectivity index (χ1v) is 8.65. The van der Waals surface area contributed by atoms with Gasteiger partial charge >= 0.3 is 0 Å². The minimum absolute atomic E-state index is 0.0753. The molecule has 0 aliphatic carbocycles. The van der Waals surface area contributed by atoms with Gasteiger partial charge in [0.05, 0.1) is 28.5 Å². The molecule has 0 spiro atoms. The van der Waals surface area contributed by atoms with Crippen LogP contribution in [-0.2, 0) is 11.3 Å². The lowest BCUT2D eigenvalue weighted by Crippen LogP contribution is -3.08. The summed E-state index contributed by atoms with van der Waals surface area (Å²) in [6, 6.07) is 9.23. The predicted molar refractivity (Wildman–Crippen MR) is 94.1 cm³/mol. The fourth-order valence-corrected chi connectivity index (χ4v) is 3.82. The number of carbonyl (C=O) groups is 1. The fraction of sp³-hybridized carbons (Fsp3) is 0.267. The molecule has 1 heterocycles. The van der Waals surface area contributed by atoms with Crippen molar-refractivity contribution in [2.75, 3.05) is 26.0 Å². The van der Waals surface area contributed by atoms with E-state index in [0.717, 1.165) is 15.2 Å². The van der Waals surface area contributed by atoms with Gasteiger partial charge in [0, 0.05) is 5.02 Å². The van der Waals surface area contributed by atoms with Gasteiger partial charge in [0.2, 0.25) is 0 Å². The van der Waals surface area contributed by atoms with Gasteiger partial charge in [-0.2, -0.15) is 0 Å². The van der Waals surface area contributed by atoms with Gasteiger partial charge in [0.15, 0.2) is 6.54 Å². The third kappa shape index (κ3) is 4.98. The number of likely N-dealkylation sites (N-methyl/N-ethyl adjacent to an activating group) is 1. The Bertz CT molecular complexity index is 663. The standard InChI is InChI=1S/C15H16BrClN2O2S/c1-19(8-11-4-6-14(16)22-11)9-15(20)18-12-7-10(17)3-5-13(12)21-2/h3-7H,8-9H2,1-2H3,(H,18,20)/p+1. The molecule has 0 saturated heterocycles. The second-order valence-electron chi connectivity index (χ2n) is 4.91. The van der Waals surface area contributed by atoms with Crippen LogP contribution in [0.2, 0.25) is 5.02 Å². The van der Waals surface area contributed by atoms with Gasteiger partial charge < -0.3 is 15.0 Å². The van der Waals surface area contributed by atoms with Crippen LogP contribution < -0.4 is 15.0 Å². The number of nitrogens with one attached hydrogen (secondary N) is 2. The predicted octanol–water partition coefficient (Wildman–Crippen LogP) is 2.83. The average Bonchev–Trinajstić information content (AvgIpc) is 2.83. The zero-order chi connectivity index (χ0) is 16.1. The molecule has 0 radical (unpaired) electrons. The molecule has 4 nitrogen and oxygen atoms in total. The van der Waals surface area contributed by atoms with Crippen LogP contribution in [-0.4, -0.2) is 26.6 Å². The summed E-state index contributed by atoms with van der Waals surface area (Å²) in [5.74, 6) is 0.520. The molecule has 7 heteroatoms. The smallest absolute Gasteiger partial charge is 0.279 e. The van der Waals surface area contributed by atoms with Gasteiger partial charge in [0.25, 0.3) is 5.91 Å². The molecule has 1 atom stereocenters. The summed E-state index contributed by atoms with van der Waals surface area (Å²) in [6.07, 6.45) is 0. The molecule has 1 aromatic carbocycles. The van der Waals surface area contributed by atoms with Gasteiger partial charge in [-0.05, 0) is 46.3 Å². The maximum absolute atomic E-state index is 12.2. The van der Waals surface area contributed by atoms with Crippen LogP contribution in [0.4, 0.5) is 5.69 Å². The van der Waals surface area contributed by atoms with Crippen molar-refractivity contribution in [3.05, 3.63) is 44.0 Å². The van der Waals surface area contributed by atoms with Crippen molar-refractivity contribution in [2.45, 2.75) is 6.54 Å². The minimum Gasteiger partial charge on any atom is -0.495 e. The summed E-state index contributed by atoms with van der Waals surface area (Å²) < 4.78 is 6.32. The Morgan fingerprint density at radius 3 is 2.82 bits per heavy atom. The Balaban J connectivity index is 1.93. The van der Waals surface area contributed by atoms with Crippen LogP contribution in [0.3, 0.4) is 0 Å². The monoisotopic (exact) mass is 403 g/mol. The van der Waals surface area contributed by atoms with E-state index in [1.54, 1.807) is 36.6 Å². The average molecular weight is 405 g/mol. The van der Waals surface area contributed by atoms with Crippen molar-refractivity contribution in [2.24, 2.45) is 0 Å². The van der Waals surface area contributed by atoms with E-state index in [0.29, 0.717) is 23.0 Å². The van der Waals surface area contributed by atoms with Gasteiger partial charge in [-0.15, -0.1) is 11.3 Å². The van der Waals surface area contributed by atoms with Crippen molar-refractivity contribution < 1.29 is 14.4 Å². The van der Waals surface area contributed by atoms with E-state index in [1.165, 1.54) is 4.88 Å². The number of hydrogen-bond donors (Lipinski definition) is 2. The molecule has 0 aliphatic rings. The highest BCUT2D eigenvalue weighted by Crippen LogP contribution is 2.27. The zero-order valence-corrected chi connectivity index (χ0v) is 15.4. The Labute approximate surface area is 147 Å². The van der Waals surface area contributed by atoms with Crippen LogP contribution in [0.5, 0.6) is 5.75 Å². The van der Waals surface area contributed by atoms with Crippen LogP contribution in [0.15, 0.2) is 34.1 Å². The summed E-state index contributed by atoms with van der Waals surface area (Å²) in [7, 11) is 3.55. The van der Waals surface area contributed by atoms with Gasteiger partial charge in [-0.25, -0.2) is 0 Å². The van der Waals surface area contributed by atoms with Gasteiger partial charge in [-0.1, -0.05) is 11.6 Å². The van der Waals surface area contributed by atoms with Crippen molar-refractivity contribution >= 4 is 50.5 Å². The third-order valence-corrected chi connectivity index (χ3v) is 4.86. The third-order valence-electron chi connectivity index (χ3n) is 3.00. The maximum Gasteiger partial charge on any atom is 0.279 e. The molecule has 2 aromatic rings. The lowest BCUT2D eigenvalue weighted by Gasteiger charge is -2.14. The van der Waals surface area contributed by atoms with E-state index in [2.05, 4.69) is 27.3 Å². The van der Waals surface area contributed by atoms with E-state index in [4.69, 9.17) is 16.3 Å². The van der Waals surface area contributed by atoms with Crippen LogP contribution in [0, 0.1) is 0 Å². The van der Waals surface area contributed by atoms with E-state index in [1.807, 2.05) is 13.1 Å². The van der Waals surface area contributed by atoms with Crippen molar-refractivity contribution in [3.8, 4) is 5.75 Å². The second-order valence-corrected chi connectivity index (χ2v) is 7.89. The summed E-state index contributed by atoms with van der Waals surface area (Å²) in [6.45, 7) is 1.17. The van der Waals surface area contributed by atoms with Crippen LogP contribution in [0.25, 0.3) is 0 Å². The Morgan fingerprint density at radius 2 is 2.18 bits per heavy atom. The molecule has 0 aliphatic heterocycles. The van der Waals surface area contributed by atoms with Crippen LogP contribution in [0.1, 0.15) is 4.88 Å². The Morgan fingerprint density at radius 1 is 1.41 bits per heavy atom. The highest BCUT2D eigenvalue weighted by Gasteiger charge is 2.14. The lowest BCUT2D eigenvalue weighted by atomic mass is 10.3. The molecule has 2 N–H and O–H groups in total. The largest absolute Gasteiger partial charge is 0.495 e. The number of hydrogen-bond acceptors (Lipinski definition) is 3. The summed E-state index contributed by atoms with van der Waals surface area (Å²) >= 11 is 11.1. The molecule has 1 aromatic heterocycles. The molecule has 22 heavy (non-hydrogen) atoms. The van der Waals surface area contributed by atoms with Crippen molar-refractivity contribution in [1.29, 1.82) is 0 Å². The quantitative estimate of drug-likeness (QED) is 0.777. The van der Waals surface area contributed by atoms with Crippen molar-refractivity contribution in [1.82, 2.24) is 0 Å². The number of halogens is 2. The number of rotatable bonds is 6. The number of carbonyl (C=O) groups excluding carboxylic acids is 1. The number of benzene rings is 1. The summed E-state index contributed by atoms with van der Waals surface area (Å²) in [5.41, 5.74) is 0.590. The lowest BCUT2D eigenvalue weighted by molar-refractivity contribution is -0.884. The van der Waals surface area contributed by atoms with Gasteiger partial charge in [0.1, 0.15) is 12.3 Å². The van der Waals surface area contributed by atoms with Gasteiger partial charge in [-0.3, -0.25) is 4.79 Å². The highest BCUT2D eigenvalue weighted by atomic mass is 79.9. The molecule has 1 amide bonds. The molecular formula is C15H17BrClN2O2S+. The molecular weight excluding hydrogens is 388 g/mol. The minimum atomic E-state index is -0.0753. The van der Waals surface area contributed by atoms with Crippen molar-refractivity contribution in [3.63, 3.8) is 0 Å². The molecule has 1 unspecified atom stereocenters. The highest BCUT2D eigenvalue weighted by molar-refractivity contribution is 9.11. The number of ether oxygens (including phenoxy) is 1. The van der Waals surface area contributed by atoms with E-state index in [9.17, 15) is 4.79 Å². The number of amides is 1. The Kier molecular flexibility index (Phi) is 6.26. The zero-order valence-electron chi connectivity index (χ0n) is 12.3. The summed E-state index contributed by atoms with van der Waals surface area (Å²) in [4.78, 5) is 14.5. The first-order chi connectivity index (χ1) is 10.5. The van der Waals surface area contributed by atoms with E-state index in [-0.39, 0.29) is 5.91 Å². The van der Waals surface area contributed by atoms with E-state index < -0.39 is 0 Å². The second kappa shape index (κ2) is 7.97. The molecule has 118 valence electrons. The van der Waals surface area contributed by atoms with Crippen LogP contribution >= 0.6 is 38.9 Å². The molecule has 0 bridgehead atoms. The Hall–Kier alpha value is -1.08. The molecule has 2 rings (SSSR count). The first-order valence-electron chi connectivity index (χ1n) is 6.67. The topological polar surface area (TPSA) is 42.8 Å². The SMILES string of the molecule is COc1ccc(Cl)cc1NC(=O)C[NH+](C)Cc1ccc(Br)s1. The number of methoxy groups -OCH3 is 1. The first kappa shape index (κ1) is 17.3. The molecule has 0 saturated carbocycles. The number of anilines is 1. The summed E-state index contributed by atoms with van der Waals surface area (Å²) in [5, 5.41) is 3.40. The fourth-order valence-electron chi connectivity index (χ4n) is 2.05. The number of quaternary nitrogens is 1. The number of thiophene rings is 1. The maximum atomic E-state index is 12.2. The normalized spacial score (nSPS) is 12.0. The molecule has 0 fully saturated rings.